The Balaban J connectivity index is 1.51. The Hall–Kier alpha value is -5.22. The van der Waals surface area contributed by atoms with E-state index in [2.05, 4.69) is 21.1 Å². The van der Waals surface area contributed by atoms with Crippen molar-refractivity contribution in [2.75, 3.05) is 32.5 Å². The number of rotatable bonds is 10. The number of nitrogens with two attached hydrogens (primary N) is 2. The van der Waals surface area contributed by atoms with E-state index in [0.29, 0.717) is 23.3 Å². The molecule has 0 saturated heterocycles. The van der Waals surface area contributed by atoms with Crippen molar-refractivity contribution in [3.05, 3.63) is 119 Å². The Morgan fingerprint density at radius 1 is 1.05 bits per heavy atom. The van der Waals surface area contributed by atoms with Gasteiger partial charge in [0.25, 0.3) is 0 Å². The third kappa shape index (κ3) is 6.02. The smallest absolute Gasteiger partial charge is 0.221 e. The van der Waals surface area contributed by atoms with Crippen LogP contribution >= 0.6 is 0 Å². The van der Waals surface area contributed by atoms with Crippen LogP contribution in [0.1, 0.15) is 44.2 Å². The van der Waals surface area contributed by atoms with Gasteiger partial charge in [-0.1, -0.05) is 54.6 Å². The maximum Gasteiger partial charge on any atom is 0.221 e. The molecule has 0 spiro atoms. The van der Waals surface area contributed by atoms with Gasteiger partial charge in [-0.2, -0.15) is 10.1 Å². The van der Waals surface area contributed by atoms with Crippen molar-refractivity contribution < 1.29 is 19.0 Å². The maximum absolute atomic E-state index is 13.7. The number of fused-ring (bicyclic) bond motifs is 1. The van der Waals surface area contributed by atoms with Crippen LogP contribution in [-0.2, 0) is 11.2 Å². The lowest BCUT2D eigenvalue weighted by molar-refractivity contribution is 0.0483. The third-order valence-corrected chi connectivity index (χ3v) is 6.61. The number of carbonyl (C=O) groups is 1. The first-order chi connectivity index (χ1) is 20.0. The van der Waals surface area contributed by atoms with Gasteiger partial charge < -0.3 is 25.7 Å². The first-order valence-electron chi connectivity index (χ1n) is 12.9. The lowest BCUT2D eigenvalue weighted by Crippen LogP contribution is -2.25. The SMILES string of the molecule is COCOc1c(OC)cc(Cc2cnc(N)nc2N)cc1C(=O)C=CN1N=Cc2ccccc2C1c1ccccc1. The summed E-state index contributed by atoms with van der Waals surface area (Å²) in [5, 5.41) is 6.42. The highest BCUT2D eigenvalue weighted by Gasteiger charge is 2.26. The summed E-state index contributed by atoms with van der Waals surface area (Å²) in [7, 11) is 3.01. The van der Waals surface area contributed by atoms with Crippen LogP contribution in [0, 0.1) is 0 Å². The second-order valence-corrected chi connectivity index (χ2v) is 9.29. The number of hydrogen-bond donors (Lipinski definition) is 2. The fourth-order valence-corrected chi connectivity index (χ4v) is 4.69. The Bertz CT molecular complexity index is 1610. The summed E-state index contributed by atoms with van der Waals surface area (Å²) in [6.07, 6.45) is 6.86. The molecule has 0 saturated carbocycles. The van der Waals surface area contributed by atoms with Gasteiger partial charge in [0.2, 0.25) is 5.95 Å². The van der Waals surface area contributed by atoms with Crippen molar-refractivity contribution in [1.29, 1.82) is 0 Å². The standard InChI is InChI=1S/C31H30N6O4/c1-39-19-41-29-25(15-20(16-27(29)40-2)14-23-17-34-31(33)36-30(23)32)26(38)12-13-37-28(21-8-4-3-5-9-21)24-11-7-6-10-22(24)18-35-37/h3-13,15-18,28H,14,19H2,1-2H3,(H4,32,33,34,36). The van der Waals surface area contributed by atoms with Crippen LogP contribution in [0.15, 0.2) is 90.3 Å². The van der Waals surface area contributed by atoms with Gasteiger partial charge in [0.05, 0.1) is 18.9 Å². The van der Waals surface area contributed by atoms with Gasteiger partial charge in [-0.15, -0.1) is 0 Å². The number of anilines is 2. The summed E-state index contributed by atoms with van der Waals surface area (Å²) < 4.78 is 16.5. The van der Waals surface area contributed by atoms with E-state index < -0.39 is 0 Å². The van der Waals surface area contributed by atoms with Crippen LogP contribution in [0.25, 0.3) is 0 Å². The predicted octanol–water partition coefficient (Wildman–Crippen LogP) is 4.36. The summed E-state index contributed by atoms with van der Waals surface area (Å²) in [5.41, 5.74) is 16.6. The van der Waals surface area contributed by atoms with Crippen LogP contribution in [0.5, 0.6) is 11.5 Å². The minimum atomic E-state index is -0.307. The van der Waals surface area contributed by atoms with E-state index in [1.165, 1.54) is 20.3 Å². The molecular weight excluding hydrogens is 520 g/mol. The zero-order valence-corrected chi connectivity index (χ0v) is 22.7. The molecule has 5 rings (SSSR count). The van der Waals surface area contributed by atoms with Crippen molar-refractivity contribution >= 4 is 23.8 Å². The number of benzene rings is 3. The van der Waals surface area contributed by atoms with Crippen LogP contribution < -0.4 is 20.9 Å². The summed E-state index contributed by atoms with van der Waals surface area (Å²) in [6, 6.07) is 21.4. The van der Waals surface area contributed by atoms with Crippen molar-refractivity contribution in [2.24, 2.45) is 5.10 Å². The molecule has 0 bridgehead atoms. The highest BCUT2D eigenvalue weighted by Crippen LogP contribution is 2.36. The molecule has 41 heavy (non-hydrogen) atoms. The molecule has 1 aromatic heterocycles. The van der Waals surface area contributed by atoms with Gasteiger partial charge in [0.15, 0.2) is 24.1 Å². The Morgan fingerprint density at radius 3 is 2.59 bits per heavy atom. The molecule has 208 valence electrons. The molecule has 1 aliphatic heterocycles. The lowest BCUT2D eigenvalue weighted by atomic mass is 9.93. The van der Waals surface area contributed by atoms with Crippen LogP contribution in [0.2, 0.25) is 0 Å². The van der Waals surface area contributed by atoms with Gasteiger partial charge in [-0.25, -0.2) is 4.98 Å². The molecule has 2 heterocycles. The van der Waals surface area contributed by atoms with E-state index in [-0.39, 0.29) is 36.1 Å². The number of nitrogen functional groups attached to an aromatic ring is 2. The third-order valence-electron chi connectivity index (χ3n) is 6.61. The highest BCUT2D eigenvalue weighted by atomic mass is 16.7. The van der Waals surface area contributed by atoms with Crippen molar-refractivity contribution in [3.8, 4) is 11.5 Å². The van der Waals surface area contributed by atoms with E-state index in [0.717, 1.165) is 22.3 Å². The first kappa shape index (κ1) is 27.4. The molecular formula is C31H30N6O4. The average Bonchev–Trinajstić information content (AvgIpc) is 3.00. The Kier molecular flexibility index (Phi) is 8.21. The fraction of sp³-hybridized carbons (Fsp3) is 0.161. The topological polar surface area (TPSA) is 138 Å². The number of hydrazone groups is 1. The zero-order valence-electron chi connectivity index (χ0n) is 22.7. The lowest BCUT2D eigenvalue weighted by Gasteiger charge is -2.31. The molecule has 0 radical (unpaired) electrons. The molecule has 1 unspecified atom stereocenters. The first-order valence-corrected chi connectivity index (χ1v) is 12.9. The van der Waals surface area contributed by atoms with Crippen LogP contribution in [0.3, 0.4) is 0 Å². The van der Waals surface area contributed by atoms with E-state index >= 15 is 0 Å². The molecule has 10 nitrogen and oxygen atoms in total. The number of allylic oxidation sites excluding steroid dienone is 1. The molecule has 10 heteroatoms. The monoisotopic (exact) mass is 550 g/mol. The number of ketones is 1. The van der Waals surface area contributed by atoms with Crippen molar-refractivity contribution in [1.82, 2.24) is 15.0 Å². The molecule has 0 fully saturated rings. The molecule has 4 aromatic rings. The van der Waals surface area contributed by atoms with E-state index in [9.17, 15) is 4.79 Å². The Labute approximate surface area is 237 Å². The van der Waals surface area contributed by atoms with Crippen molar-refractivity contribution in [2.45, 2.75) is 12.5 Å². The number of nitrogens with zero attached hydrogens (tertiary/aromatic N) is 4. The van der Waals surface area contributed by atoms with E-state index in [4.69, 9.17) is 25.7 Å². The fourth-order valence-electron chi connectivity index (χ4n) is 4.69. The second-order valence-electron chi connectivity index (χ2n) is 9.29. The molecule has 1 aliphatic rings. The number of aromatic nitrogens is 2. The van der Waals surface area contributed by atoms with Gasteiger partial charge in [0.1, 0.15) is 11.9 Å². The Morgan fingerprint density at radius 2 is 1.83 bits per heavy atom. The van der Waals surface area contributed by atoms with Crippen LogP contribution in [-0.4, -0.2) is 48.0 Å². The quantitative estimate of drug-likeness (QED) is 0.168. The molecule has 1 atom stereocenters. The molecule has 3 aromatic carbocycles. The van der Waals surface area contributed by atoms with Gasteiger partial charge >= 0.3 is 0 Å². The minimum Gasteiger partial charge on any atom is -0.493 e. The molecule has 4 N–H and O–H groups in total. The number of ether oxygens (including phenoxy) is 3. The van der Waals surface area contributed by atoms with Gasteiger partial charge in [0, 0.05) is 43.1 Å². The van der Waals surface area contributed by atoms with Gasteiger partial charge in [-0.3, -0.25) is 9.80 Å². The zero-order chi connectivity index (χ0) is 28.8. The predicted molar refractivity (Wildman–Crippen MR) is 157 cm³/mol. The summed E-state index contributed by atoms with van der Waals surface area (Å²) in [6.45, 7) is -0.0677. The normalized spacial score (nSPS) is 14.2. The van der Waals surface area contributed by atoms with Crippen molar-refractivity contribution in [3.63, 3.8) is 0 Å². The number of carbonyl (C=O) groups excluding carboxylic acids is 1. The average molecular weight is 551 g/mol. The summed E-state index contributed by atoms with van der Waals surface area (Å²) in [4.78, 5) is 21.8. The maximum atomic E-state index is 13.7. The van der Waals surface area contributed by atoms with Gasteiger partial charge in [-0.05, 0) is 28.8 Å². The number of methoxy groups -OCH3 is 2. The minimum absolute atomic E-state index is 0.0677. The highest BCUT2D eigenvalue weighted by molar-refractivity contribution is 6.07. The molecule has 0 aliphatic carbocycles. The second kappa shape index (κ2) is 12.3. The van der Waals surface area contributed by atoms with Crippen LogP contribution in [0.4, 0.5) is 11.8 Å². The molecule has 0 amide bonds. The summed E-state index contributed by atoms with van der Waals surface area (Å²) in [5.74, 6) is 0.683. The largest absolute Gasteiger partial charge is 0.493 e. The van der Waals surface area contributed by atoms with E-state index in [1.54, 1.807) is 35.8 Å². The summed E-state index contributed by atoms with van der Waals surface area (Å²) >= 11 is 0. The van der Waals surface area contributed by atoms with E-state index in [1.807, 2.05) is 48.5 Å². The number of hydrogen-bond acceptors (Lipinski definition) is 10.